The molecule has 0 unspecified atom stereocenters. The molecule has 0 aliphatic carbocycles. The van der Waals surface area contributed by atoms with Crippen LogP contribution in [0.5, 0.6) is 0 Å². The van der Waals surface area contributed by atoms with Crippen molar-refractivity contribution in [2.45, 2.75) is 62.7 Å². The monoisotopic (exact) mass is 555 g/mol. The number of halogens is 1. The Morgan fingerprint density at radius 3 is 2.29 bits per heavy atom. The van der Waals surface area contributed by atoms with Crippen LogP contribution < -0.4 is 40.0 Å². The summed E-state index contributed by atoms with van der Waals surface area (Å²) in [5, 5.41) is 33.9. The second-order valence-electron chi connectivity index (χ2n) is 9.11. The number of carboxylic acid groups (broad SMARTS) is 1. The number of aliphatic hydroxyl groups excluding tert-OH is 2. The van der Waals surface area contributed by atoms with Crippen molar-refractivity contribution in [3.63, 3.8) is 0 Å². The van der Waals surface area contributed by atoms with Crippen LogP contribution >= 0.6 is 0 Å². The number of rotatable bonds is 13. The third kappa shape index (κ3) is 8.62. The van der Waals surface area contributed by atoms with Crippen LogP contribution in [0.15, 0.2) is 59.5 Å². The van der Waals surface area contributed by atoms with Crippen molar-refractivity contribution in [1.29, 1.82) is 0 Å². The van der Waals surface area contributed by atoms with E-state index >= 15 is 0 Å². The Morgan fingerprint density at radius 2 is 1.71 bits per heavy atom. The molecule has 0 spiro atoms. The zero-order valence-electron chi connectivity index (χ0n) is 21.7. The second kappa shape index (κ2) is 14.2. The molecule has 12 heteroatoms. The molecule has 3 aromatic rings. The number of benzene rings is 2. The molecular formula is C26H31FN3NaO6S. The Hall–Kier alpha value is -2.28. The van der Waals surface area contributed by atoms with E-state index in [1.54, 1.807) is 30.3 Å². The first-order valence-electron chi connectivity index (χ1n) is 11.9. The summed E-state index contributed by atoms with van der Waals surface area (Å²) in [6.07, 6.45) is -2.50. The van der Waals surface area contributed by atoms with Crippen molar-refractivity contribution in [3.05, 3.63) is 66.1 Å². The molecule has 38 heavy (non-hydrogen) atoms. The molecule has 2 aromatic carbocycles. The van der Waals surface area contributed by atoms with Crippen LogP contribution in [0.2, 0.25) is 0 Å². The number of nitrogens with zero attached hydrogens (tertiary/aromatic N) is 2. The number of hydrogen-bond acceptors (Lipinski definition) is 8. The quantitative estimate of drug-likeness (QED) is 0.235. The van der Waals surface area contributed by atoms with E-state index in [-0.39, 0.29) is 59.8 Å². The van der Waals surface area contributed by atoms with Crippen molar-refractivity contribution in [2.24, 2.45) is 0 Å². The Balaban J connectivity index is 0.00000507. The topological polar surface area (TPSA) is 145 Å². The van der Waals surface area contributed by atoms with Crippen LogP contribution in [0.1, 0.15) is 44.8 Å². The van der Waals surface area contributed by atoms with Gasteiger partial charge in [0.15, 0.2) is 9.84 Å². The SMILES string of the molecule is CC(C)n1c(NCS(=O)(=O)c2ccccc2)nc(-c2ccc(F)cc2)c1CC[C@@H](O)C[C@@H](O)CC(=O)[O-].[Na+]. The van der Waals surface area contributed by atoms with Gasteiger partial charge in [-0.15, -0.1) is 0 Å². The smallest absolute Gasteiger partial charge is 0.550 e. The standard InChI is InChI=1S/C26H32FN3O6S.Na/c1-17(2)30-23(13-12-20(31)14-21(32)15-24(33)34)25(18-8-10-19(27)11-9-18)29-26(30)28-16-37(35,36)22-6-4-3-5-7-22;/h3-11,17,20-21,31-32H,12-16H2,1-2H3,(H,28,29)(H,33,34);/q;+1/p-1/t20-,21-;/m1./s1. The molecule has 0 fully saturated rings. The van der Waals surface area contributed by atoms with E-state index in [0.717, 1.165) is 0 Å². The first-order valence-corrected chi connectivity index (χ1v) is 13.6. The second-order valence-corrected chi connectivity index (χ2v) is 11.1. The van der Waals surface area contributed by atoms with Crippen LogP contribution in [0.3, 0.4) is 0 Å². The summed E-state index contributed by atoms with van der Waals surface area (Å²) in [5.74, 6) is -1.92. The van der Waals surface area contributed by atoms with Gasteiger partial charge < -0.3 is 30.0 Å². The van der Waals surface area contributed by atoms with Gasteiger partial charge in [-0.2, -0.15) is 0 Å². The van der Waals surface area contributed by atoms with Crippen molar-refractivity contribution in [2.75, 3.05) is 11.2 Å². The predicted molar refractivity (Wildman–Crippen MR) is 135 cm³/mol. The fraction of sp³-hybridized carbons (Fsp3) is 0.385. The van der Waals surface area contributed by atoms with Crippen LogP contribution in [-0.4, -0.2) is 52.2 Å². The number of carbonyl (C=O) groups excluding carboxylic acids is 1. The molecule has 0 radical (unpaired) electrons. The Morgan fingerprint density at radius 1 is 1.08 bits per heavy atom. The van der Waals surface area contributed by atoms with Crippen molar-refractivity contribution < 1.29 is 62.5 Å². The van der Waals surface area contributed by atoms with Gasteiger partial charge in [0.25, 0.3) is 0 Å². The fourth-order valence-electron chi connectivity index (χ4n) is 4.11. The molecule has 0 saturated heterocycles. The van der Waals surface area contributed by atoms with Gasteiger partial charge in [-0.1, -0.05) is 18.2 Å². The maximum atomic E-state index is 13.6. The van der Waals surface area contributed by atoms with Gasteiger partial charge in [0.1, 0.15) is 11.7 Å². The number of imidazole rings is 1. The number of aliphatic carboxylic acids is 1. The minimum atomic E-state index is -3.66. The van der Waals surface area contributed by atoms with E-state index in [9.17, 15) is 32.9 Å². The third-order valence-corrected chi connectivity index (χ3v) is 7.34. The molecule has 1 aromatic heterocycles. The van der Waals surface area contributed by atoms with Crippen LogP contribution in [0, 0.1) is 5.82 Å². The number of carbonyl (C=O) groups is 1. The summed E-state index contributed by atoms with van der Waals surface area (Å²) < 4.78 is 41.1. The molecule has 3 N–H and O–H groups in total. The number of nitrogens with one attached hydrogen (secondary N) is 1. The van der Waals surface area contributed by atoms with E-state index in [1.807, 2.05) is 18.4 Å². The van der Waals surface area contributed by atoms with Crippen molar-refractivity contribution >= 4 is 21.8 Å². The normalized spacial score (nSPS) is 13.1. The van der Waals surface area contributed by atoms with Gasteiger partial charge in [-0.3, -0.25) is 0 Å². The molecule has 0 bridgehead atoms. The first kappa shape index (κ1) is 31.9. The predicted octanol–water partition coefficient (Wildman–Crippen LogP) is -0.698. The van der Waals surface area contributed by atoms with Gasteiger partial charge in [0.2, 0.25) is 5.95 Å². The number of carboxylic acids is 1. The summed E-state index contributed by atoms with van der Waals surface area (Å²) in [6, 6.07) is 13.6. The molecular weight excluding hydrogens is 524 g/mol. The van der Waals surface area contributed by atoms with Gasteiger partial charge in [-0.05, 0) is 69.5 Å². The summed E-state index contributed by atoms with van der Waals surface area (Å²) in [4.78, 5) is 15.5. The number of aromatic nitrogens is 2. The largest absolute Gasteiger partial charge is 1.00 e. The van der Waals surface area contributed by atoms with E-state index in [4.69, 9.17) is 0 Å². The minimum Gasteiger partial charge on any atom is -0.550 e. The van der Waals surface area contributed by atoms with E-state index in [1.165, 1.54) is 24.3 Å². The number of hydrogen-bond donors (Lipinski definition) is 3. The maximum absolute atomic E-state index is 13.6. The van der Waals surface area contributed by atoms with Gasteiger partial charge in [0.05, 0.1) is 22.8 Å². The molecule has 2 atom stereocenters. The van der Waals surface area contributed by atoms with Gasteiger partial charge in [-0.25, -0.2) is 17.8 Å². The van der Waals surface area contributed by atoms with Crippen LogP contribution in [0.25, 0.3) is 11.3 Å². The molecule has 0 saturated carbocycles. The molecule has 3 rings (SSSR count). The molecule has 0 amide bonds. The van der Waals surface area contributed by atoms with E-state index in [0.29, 0.717) is 22.9 Å². The summed E-state index contributed by atoms with van der Waals surface area (Å²) >= 11 is 0. The zero-order chi connectivity index (χ0) is 27.2. The van der Waals surface area contributed by atoms with E-state index in [2.05, 4.69) is 10.3 Å². The molecule has 0 aliphatic heterocycles. The molecule has 9 nitrogen and oxygen atoms in total. The Kier molecular flexibility index (Phi) is 11.9. The maximum Gasteiger partial charge on any atom is 1.00 e. The number of anilines is 1. The van der Waals surface area contributed by atoms with E-state index < -0.39 is 46.1 Å². The van der Waals surface area contributed by atoms with Gasteiger partial charge >= 0.3 is 29.6 Å². The van der Waals surface area contributed by atoms with Crippen molar-refractivity contribution in [3.8, 4) is 11.3 Å². The van der Waals surface area contributed by atoms with Gasteiger partial charge in [0, 0.05) is 29.7 Å². The third-order valence-electron chi connectivity index (χ3n) is 5.83. The average Bonchev–Trinajstić information content (AvgIpc) is 3.21. The molecule has 200 valence electrons. The molecule has 1 heterocycles. The molecule has 0 aliphatic rings. The first-order chi connectivity index (χ1) is 17.5. The van der Waals surface area contributed by atoms with Crippen LogP contribution in [0.4, 0.5) is 10.3 Å². The summed E-state index contributed by atoms with van der Waals surface area (Å²) in [5.41, 5.74) is 1.78. The number of aliphatic hydroxyl groups is 2. The fourth-order valence-corrected chi connectivity index (χ4v) is 5.16. The zero-order valence-corrected chi connectivity index (χ0v) is 24.5. The van der Waals surface area contributed by atoms with Crippen molar-refractivity contribution in [1.82, 2.24) is 9.55 Å². The van der Waals surface area contributed by atoms with Crippen LogP contribution in [-0.2, 0) is 21.1 Å². The summed E-state index contributed by atoms with van der Waals surface area (Å²) in [6.45, 7) is 3.80. The summed E-state index contributed by atoms with van der Waals surface area (Å²) in [7, 11) is -3.66. The Bertz CT molecular complexity index is 1300. The minimum absolute atomic E-state index is 0. The Labute approximate surface area is 243 Å². The average molecular weight is 556 g/mol. The number of sulfone groups is 1.